The van der Waals surface area contributed by atoms with E-state index in [2.05, 4.69) is 5.32 Å². The van der Waals surface area contributed by atoms with Crippen molar-refractivity contribution in [1.29, 1.82) is 0 Å². The van der Waals surface area contributed by atoms with Gasteiger partial charge in [-0.3, -0.25) is 14.5 Å². The predicted octanol–water partition coefficient (Wildman–Crippen LogP) is 2.46. The van der Waals surface area contributed by atoms with E-state index in [9.17, 15) is 18.0 Å². The number of benzene rings is 1. The largest absolute Gasteiger partial charge is 0.351 e. The van der Waals surface area contributed by atoms with Crippen molar-refractivity contribution in [3.05, 3.63) is 28.8 Å². The maximum atomic E-state index is 13.4. The van der Waals surface area contributed by atoms with Crippen LogP contribution in [-0.4, -0.2) is 55.0 Å². The number of rotatable bonds is 5. The number of hydrogen-bond donors (Lipinski definition) is 1. The monoisotopic (exact) mass is 441 g/mol. The first-order chi connectivity index (χ1) is 13.6. The molecule has 2 fully saturated rings. The predicted molar refractivity (Wildman–Crippen MR) is 114 cm³/mol. The quantitative estimate of drug-likeness (QED) is 0.760. The Kier molecular flexibility index (Phi) is 6.27. The number of nitrogens with one attached hydrogen (secondary N) is 1. The van der Waals surface area contributed by atoms with E-state index in [1.165, 1.54) is 11.8 Å². The summed E-state index contributed by atoms with van der Waals surface area (Å²) >= 11 is 6.27. The third kappa shape index (κ3) is 4.15. The van der Waals surface area contributed by atoms with Crippen LogP contribution in [0.3, 0.4) is 0 Å². The molecule has 0 spiro atoms. The molecule has 1 unspecified atom stereocenters. The van der Waals surface area contributed by atoms with E-state index in [1.807, 2.05) is 0 Å². The third-order valence-corrected chi connectivity index (χ3v) is 8.14. The van der Waals surface area contributed by atoms with E-state index < -0.39 is 21.5 Å². The van der Waals surface area contributed by atoms with Gasteiger partial charge in [0.15, 0.2) is 0 Å². The molecule has 7 nitrogen and oxygen atoms in total. The van der Waals surface area contributed by atoms with Crippen LogP contribution in [0.4, 0.5) is 5.69 Å². The Labute approximate surface area is 177 Å². The van der Waals surface area contributed by atoms with Crippen LogP contribution in [0.25, 0.3) is 0 Å². The maximum Gasteiger partial charge on any atom is 0.247 e. The minimum Gasteiger partial charge on any atom is -0.351 e. The first-order valence-electron chi connectivity index (χ1n) is 9.97. The standard InChI is InChI=1S/C20H28ClN3O4S/c1-4-29(27,28)23-12-18(25)24(17-11-7-10-16(21)14(17)2)20(3,13-23)19(26)22-15-8-5-6-9-15/h7,10-11,15H,4-6,8-9,12-13H2,1-3H3,(H,22,26). The van der Waals surface area contributed by atoms with E-state index in [4.69, 9.17) is 11.6 Å². The number of amides is 2. The van der Waals surface area contributed by atoms with Crippen LogP contribution in [0, 0.1) is 6.92 Å². The minimum absolute atomic E-state index is 0.0508. The van der Waals surface area contributed by atoms with E-state index >= 15 is 0 Å². The number of sulfonamides is 1. The number of carbonyl (C=O) groups is 2. The highest BCUT2D eigenvalue weighted by molar-refractivity contribution is 7.89. The molecule has 1 heterocycles. The maximum absolute atomic E-state index is 13.4. The highest BCUT2D eigenvalue weighted by Gasteiger charge is 2.51. The molecule has 1 aliphatic heterocycles. The van der Waals surface area contributed by atoms with Gasteiger partial charge >= 0.3 is 0 Å². The second-order valence-corrected chi connectivity index (χ2v) is 10.7. The average molecular weight is 442 g/mol. The summed E-state index contributed by atoms with van der Waals surface area (Å²) in [6.07, 6.45) is 3.88. The molecular weight excluding hydrogens is 414 g/mol. The summed E-state index contributed by atoms with van der Waals surface area (Å²) in [5.74, 6) is -0.910. The van der Waals surface area contributed by atoms with Crippen LogP contribution in [0.15, 0.2) is 18.2 Å². The number of halogens is 1. The molecule has 2 aliphatic rings. The molecule has 160 valence electrons. The van der Waals surface area contributed by atoms with Gasteiger partial charge in [0.25, 0.3) is 0 Å². The van der Waals surface area contributed by atoms with Crippen molar-refractivity contribution in [3.8, 4) is 0 Å². The van der Waals surface area contributed by atoms with Gasteiger partial charge in [-0.15, -0.1) is 0 Å². The zero-order valence-electron chi connectivity index (χ0n) is 17.1. The van der Waals surface area contributed by atoms with E-state index in [0.717, 1.165) is 30.0 Å². The molecular formula is C20H28ClN3O4S. The average Bonchev–Trinajstić information content (AvgIpc) is 3.17. The molecule has 0 aromatic heterocycles. The van der Waals surface area contributed by atoms with Crippen molar-refractivity contribution >= 4 is 39.1 Å². The van der Waals surface area contributed by atoms with Crippen LogP contribution in [0.2, 0.25) is 5.02 Å². The SMILES string of the molecule is CCS(=O)(=O)N1CC(=O)N(c2cccc(Cl)c2C)C(C)(C(=O)NC2CCCC2)C1. The zero-order valence-corrected chi connectivity index (χ0v) is 18.6. The van der Waals surface area contributed by atoms with E-state index in [-0.39, 0.29) is 30.8 Å². The van der Waals surface area contributed by atoms with Crippen molar-refractivity contribution in [2.45, 2.75) is 58.0 Å². The lowest BCUT2D eigenvalue weighted by Crippen LogP contribution is -2.71. The van der Waals surface area contributed by atoms with E-state index in [0.29, 0.717) is 16.3 Å². The van der Waals surface area contributed by atoms with Crippen LogP contribution in [0.5, 0.6) is 0 Å². The first-order valence-corrected chi connectivity index (χ1v) is 12.0. The molecule has 29 heavy (non-hydrogen) atoms. The van der Waals surface area contributed by atoms with E-state index in [1.54, 1.807) is 32.0 Å². The summed E-state index contributed by atoms with van der Waals surface area (Å²) in [4.78, 5) is 28.0. The van der Waals surface area contributed by atoms with Gasteiger partial charge in [0, 0.05) is 23.3 Å². The normalized spacial score (nSPS) is 24.1. The fraction of sp³-hybridized carbons (Fsp3) is 0.600. The fourth-order valence-corrected chi connectivity index (χ4v) is 5.46. The number of nitrogens with zero attached hydrogens (tertiary/aromatic N) is 2. The fourth-order valence-electron chi connectivity index (χ4n) is 4.17. The number of carbonyl (C=O) groups excluding carboxylic acids is 2. The van der Waals surface area contributed by atoms with Crippen LogP contribution >= 0.6 is 11.6 Å². The summed E-state index contributed by atoms with van der Waals surface area (Å²) in [5, 5.41) is 3.53. The van der Waals surface area contributed by atoms with Crippen molar-refractivity contribution in [2.24, 2.45) is 0 Å². The number of hydrogen-bond acceptors (Lipinski definition) is 4. The Morgan fingerprint density at radius 1 is 1.31 bits per heavy atom. The van der Waals surface area contributed by atoms with Crippen molar-refractivity contribution in [1.82, 2.24) is 9.62 Å². The summed E-state index contributed by atoms with van der Waals surface area (Å²) < 4.78 is 26.2. The molecule has 0 bridgehead atoms. The lowest BCUT2D eigenvalue weighted by atomic mass is 9.93. The lowest BCUT2D eigenvalue weighted by Gasteiger charge is -2.47. The molecule has 1 saturated carbocycles. The number of anilines is 1. The van der Waals surface area contributed by atoms with Crippen molar-refractivity contribution in [3.63, 3.8) is 0 Å². The molecule has 0 radical (unpaired) electrons. The zero-order chi connectivity index (χ0) is 21.4. The summed E-state index contributed by atoms with van der Waals surface area (Å²) in [6, 6.07) is 5.24. The molecule has 1 aromatic rings. The summed E-state index contributed by atoms with van der Waals surface area (Å²) in [6.45, 7) is 4.55. The van der Waals surface area contributed by atoms with Gasteiger partial charge in [-0.05, 0) is 51.3 Å². The van der Waals surface area contributed by atoms with Crippen LogP contribution < -0.4 is 10.2 Å². The summed E-state index contributed by atoms with van der Waals surface area (Å²) in [7, 11) is -3.63. The van der Waals surface area contributed by atoms with Crippen molar-refractivity contribution < 1.29 is 18.0 Å². The smallest absolute Gasteiger partial charge is 0.247 e. The first kappa shape index (κ1) is 22.1. The molecule has 9 heteroatoms. The Hall–Kier alpha value is -1.64. The van der Waals surface area contributed by atoms with Gasteiger partial charge in [0.2, 0.25) is 21.8 Å². The van der Waals surface area contributed by atoms with Gasteiger partial charge in [-0.1, -0.05) is 30.5 Å². The molecule has 1 aromatic carbocycles. The summed E-state index contributed by atoms with van der Waals surface area (Å²) in [5.41, 5.74) is -0.176. The highest BCUT2D eigenvalue weighted by Crippen LogP contribution is 2.35. The topological polar surface area (TPSA) is 86.8 Å². The molecule has 1 N–H and O–H groups in total. The lowest BCUT2D eigenvalue weighted by molar-refractivity contribution is -0.133. The van der Waals surface area contributed by atoms with Gasteiger partial charge in [0.05, 0.1) is 12.3 Å². The van der Waals surface area contributed by atoms with Gasteiger partial charge in [-0.25, -0.2) is 8.42 Å². The Morgan fingerprint density at radius 2 is 1.97 bits per heavy atom. The van der Waals surface area contributed by atoms with Gasteiger partial charge in [0.1, 0.15) is 5.54 Å². The second-order valence-electron chi connectivity index (χ2n) is 8.01. The Morgan fingerprint density at radius 3 is 2.59 bits per heavy atom. The highest BCUT2D eigenvalue weighted by atomic mass is 35.5. The Bertz CT molecular complexity index is 914. The molecule has 1 aliphatic carbocycles. The van der Waals surface area contributed by atoms with Crippen LogP contribution in [0.1, 0.15) is 45.1 Å². The molecule has 2 amide bonds. The van der Waals surface area contributed by atoms with Crippen LogP contribution in [-0.2, 0) is 19.6 Å². The minimum atomic E-state index is -3.63. The molecule has 3 rings (SSSR count). The van der Waals surface area contributed by atoms with Gasteiger partial charge < -0.3 is 5.32 Å². The van der Waals surface area contributed by atoms with Gasteiger partial charge in [-0.2, -0.15) is 4.31 Å². The van der Waals surface area contributed by atoms with Crippen molar-refractivity contribution in [2.75, 3.05) is 23.7 Å². The molecule has 1 saturated heterocycles. The number of piperazine rings is 1. The molecule has 1 atom stereocenters. The second kappa shape index (κ2) is 8.24. The third-order valence-electron chi connectivity index (χ3n) is 5.96. The Balaban J connectivity index is 2.05.